The zero-order valence-electron chi connectivity index (χ0n) is 12.9. The molecule has 0 saturated heterocycles. The Morgan fingerprint density at radius 1 is 1.25 bits per heavy atom. The number of hydrogen-bond donors (Lipinski definition) is 1. The number of fused-ring (bicyclic) bond motifs is 1. The van der Waals surface area contributed by atoms with E-state index in [1.54, 1.807) is 0 Å². The third kappa shape index (κ3) is 4.17. The predicted octanol–water partition coefficient (Wildman–Crippen LogP) is 4.42. The fourth-order valence-corrected chi connectivity index (χ4v) is 2.14. The number of aromatic nitrogens is 1. The maximum Gasteiger partial charge on any atom is 0.0702 e. The molecule has 0 amide bonds. The molecule has 0 bridgehead atoms. The van der Waals surface area contributed by atoms with Crippen LogP contribution in [0.2, 0.25) is 0 Å². The van der Waals surface area contributed by atoms with Gasteiger partial charge in [0.25, 0.3) is 0 Å². The van der Waals surface area contributed by atoms with Gasteiger partial charge in [-0.3, -0.25) is 4.98 Å². The van der Waals surface area contributed by atoms with E-state index in [1.807, 2.05) is 18.3 Å². The lowest BCUT2D eigenvalue weighted by molar-refractivity contribution is 0.431. The molecule has 2 rings (SSSR count). The molecular formula is C18H24N2. The van der Waals surface area contributed by atoms with E-state index in [2.05, 4.69) is 62.3 Å². The van der Waals surface area contributed by atoms with Crippen molar-refractivity contribution in [3.63, 3.8) is 0 Å². The van der Waals surface area contributed by atoms with Gasteiger partial charge in [-0.2, -0.15) is 0 Å². The first-order valence-electron chi connectivity index (χ1n) is 7.23. The molecule has 0 aliphatic rings. The number of hydrogen-bond acceptors (Lipinski definition) is 2. The highest BCUT2D eigenvalue weighted by molar-refractivity contribution is 5.82. The van der Waals surface area contributed by atoms with Crippen LogP contribution < -0.4 is 5.32 Å². The van der Waals surface area contributed by atoms with Gasteiger partial charge in [0.2, 0.25) is 0 Å². The van der Waals surface area contributed by atoms with Gasteiger partial charge < -0.3 is 5.32 Å². The van der Waals surface area contributed by atoms with E-state index in [9.17, 15) is 0 Å². The SMILES string of the molecule is CC(=CCCNC(C)(C)C)c1cnc2ccccc2c1. The van der Waals surface area contributed by atoms with Crippen molar-refractivity contribution >= 4 is 16.5 Å². The van der Waals surface area contributed by atoms with Gasteiger partial charge in [0, 0.05) is 17.1 Å². The summed E-state index contributed by atoms with van der Waals surface area (Å²) >= 11 is 0. The molecule has 2 aromatic rings. The second kappa shape index (κ2) is 6.19. The molecule has 2 nitrogen and oxygen atoms in total. The van der Waals surface area contributed by atoms with Crippen LogP contribution in [0.1, 0.15) is 39.7 Å². The molecule has 0 unspecified atom stereocenters. The summed E-state index contributed by atoms with van der Waals surface area (Å²) in [5, 5.41) is 4.70. The Hall–Kier alpha value is -1.67. The first-order valence-corrected chi connectivity index (χ1v) is 7.23. The molecule has 20 heavy (non-hydrogen) atoms. The lowest BCUT2D eigenvalue weighted by Crippen LogP contribution is -2.36. The van der Waals surface area contributed by atoms with E-state index in [4.69, 9.17) is 0 Å². The summed E-state index contributed by atoms with van der Waals surface area (Å²) in [5.41, 5.74) is 3.74. The van der Waals surface area contributed by atoms with Crippen LogP contribution in [0.15, 0.2) is 42.6 Å². The minimum absolute atomic E-state index is 0.187. The number of benzene rings is 1. The minimum Gasteiger partial charge on any atom is -0.312 e. The van der Waals surface area contributed by atoms with E-state index in [0.717, 1.165) is 18.5 Å². The van der Waals surface area contributed by atoms with Gasteiger partial charge in [0.05, 0.1) is 5.52 Å². The quantitative estimate of drug-likeness (QED) is 0.830. The first-order chi connectivity index (χ1) is 9.46. The van der Waals surface area contributed by atoms with E-state index in [0.29, 0.717) is 0 Å². The van der Waals surface area contributed by atoms with Gasteiger partial charge in [0.1, 0.15) is 0 Å². The number of nitrogens with one attached hydrogen (secondary N) is 1. The third-order valence-corrected chi connectivity index (χ3v) is 3.30. The van der Waals surface area contributed by atoms with E-state index in [1.165, 1.54) is 16.5 Å². The summed E-state index contributed by atoms with van der Waals surface area (Å²) in [5.74, 6) is 0. The van der Waals surface area contributed by atoms with Crippen molar-refractivity contribution in [2.75, 3.05) is 6.54 Å². The Morgan fingerprint density at radius 3 is 2.75 bits per heavy atom. The van der Waals surface area contributed by atoms with Crippen molar-refractivity contribution in [1.82, 2.24) is 10.3 Å². The lowest BCUT2D eigenvalue weighted by atomic mass is 10.1. The van der Waals surface area contributed by atoms with Crippen LogP contribution in [0.4, 0.5) is 0 Å². The molecule has 1 heterocycles. The number of nitrogens with zero attached hydrogens (tertiary/aromatic N) is 1. The van der Waals surface area contributed by atoms with Crippen LogP contribution in [0.5, 0.6) is 0 Å². The number of para-hydroxylation sites is 1. The highest BCUT2D eigenvalue weighted by Crippen LogP contribution is 2.19. The number of allylic oxidation sites excluding steroid dienone is 1. The van der Waals surface area contributed by atoms with Crippen molar-refractivity contribution in [2.24, 2.45) is 0 Å². The summed E-state index contributed by atoms with van der Waals surface area (Å²) in [7, 11) is 0. The van der Waals surface area contributed by atoms with Gasteiger partial charge >= 0.3 is 0 Å². The molecule has 0 aliphatic carbocycles. The highest BCUT2D eigenvalue weighted by Gasteiger charge is 2.06. The summed E-state index contributed by atoms with van der Waals surface area (Å²) in [4.78, 5) is 4.51. The molecule has 1 N–H and O–H groups in total. The fraction of sp³-hybridized carbons (Fsp3) is 0.389. The molecule has 1 aromatic heterocycles. The van der Waals surface area contributed by atoms with E-state index < -0.39 is 0 Å². The lowest BCUT2D eigenvalue weighted by Gasteiger charge is -2.19. The van der Waals surface area contributed by atoms with Crippen LogP contribution in [0.25, 0.3) is 16.5 Å². The Kier molecular flexibility index (Phi) is 4.56. The summed E-state index contributed by atoms with van der Waals surface area (Å²) in [6, 6.07) is 10.5. The number of rotatable bonds is 4. The molecule has 0 aliphatic heterocycles. The van der Waals surface area contributed by atoms with Gasteiger partial charge in [-0.05, 0) is 63.9 Å². The van der Waals surface area contributed by atoms with Crippen LogP contribution in [0.3, 0.4) is 0 Å². The van der Waals surface area contributed by atoms with Gasteiger partial charge in [-0.15, -0.1) is 0 Å². The second-order valence-electron chi connectivity index (χ2n) is 6.27. The zero-order chi connectivity index (χ0) is 14.6. The van der Waals surface area contributed by atoms with Crippen molar-refractivity contribution in [3.8, 4) is 0 Å². The van der Waals surface area contributed by atoms with E-state index in [-0.39, 0.29) is 5.54 Å². The van der Waals surface area contributed by atoms with Gasteiger partial charge in [0.15, 0.2) is 0 Å². The fourth-order valence-electron chi connectivity index (χ4n) is 2.14. The zero-order valence-corrected chi connectivity index (χ0v) is 12.9. The Balaban J connectivity index is 2.05. The molecule has 2 heteroatoms. The summed E-state index contributed by atoms with van der Waals surface area (Å²) < 4.78 is 0. The van der Waals surface area contributed by atoms with Crippen molar-refractivity contribution in [3.05, 3.63) is 48.2 Å². The molecular weight excluding hydrogens is 244 g/mol. The molecule has 106 valence electrons. The Morgan fingerprint density at radius 2 is 2.00 bits per heavy atom. The van der Waals surface area contributed by atoms with Crippen molar-refractivity contribution < 1.29 is 0 Å². The molecule has 0 spiro atoms. The minimum atomic E-state index is 0.187. The van der Waals surface area contributed by atoms with Crippen LogP contribution >= 0.6 is 0 Å². The smallest absolute Gasteiger partial charge is 0.0702 e. The Bertz CT molecular complexity index is 606. The predicted molar refractivity (Wildman–Crippen MR) is 87.8 cm³/mol. The third-order valence-electron chi connectivity index (χ3n) is 3.30. The highest BCUT2D eigenvalue weighted by atomic mass is 14.9. The Labute approximate surface area is 121 Å². The van der Waals surface area contributed by atoms with E-state index >= 15 is 0 Å². The van der Waals surface area contributed by atoms with Gasteiger partial charge in [-0.1, -0.05) is 24.3 Å². The average molecular weight is 268 g/mol. The summed E-state index contributed by atoms with van der Waals surface area (Å²) in [6.07, 6.45) is 5.28. The van der Waals surface area contributed by atoms with Crippen LogP contribution in [0, 0.1) is 0 Å². The maximum atomic E-state index is 4.51. The monoisotopic (exact) mass is 268 g/mol. The van der Waals surface area contributed by atoms with Crippen molar-refractivity contribution in [2.45, 2.75) is 39.7 Å². The average Bonchev–Trinajstić information content (AvgIpc) is 2.42. The summed E-state index contributed by atoms with van der Waals surface area (Å²) in [6.45, 7) is 9.73. The van der Waals surface area contributed by atoms with Crippen LogP contribution in [-0.4, -0.2) is 17.1 Å². The molecule has 0 saturated carbocycles. The maximum absolute atomic E-state index is 4.51. The normalized spacial score (nSPS) is 12.9. The number of pyridine rings is 1. The molecule has 0 radical (unpaired) electrons. The molecule has 1 aromatic carbocycles. The van der Waals surface area contributed by atoms with Gasteiger partial charge in [-0.25, -0.2) is 0 Å². The first kappa shape index (κ1) is 14.7. The molecule has 0 fully saturated rings. The standard InChI is InChI=1S/C18H24N2/c1-14(8-7-11-20-18(2,3)4)16-12-15-9-5-6-10-17(15)19-13-16/h5-6,8-10,12-13,20H,7,11H2,1-4H3. The van der Waals surface area contributed by atoms with Crippen molar-refractivity contribution in [1.29, 1.82) is 0 Å². The topological polar surface area (TPSA) is 24.9 Å². The largest absolute Gasteiger partial charge is 0.312 e. The van der Waals surface area contributed by atoms with Crippen LogP contribution in [-0.2, 0) is 0 Å². The second-order valence-corrected chi connectivity index (χ2v) is 6.27. The molecule has 0 atom stereocenters.